The van der Waals surface area contributed by atoms with Crippen molar-refractivity contribution in [1.82, 2.24) is 4.98 Å². The molecule has 1 aliphatic rings. The third kappa shape index (κ3) is 5.04. The van der Waals surface area contributed by atoms with Crippen molar-refractivity contribution in [2.24, 2.45) is 5.41 Å². The van der Waals surface area contributed by atoms with Crippen LogP contribution in [0.3, 0.4) is 0 Å². The van der Waals surface area contributed by atoms with E-state index in [2.05, 4.69) is 4.98 Å². The molecule has 0 spiro atoms. The first-order valence-electron chi connectivity index (χ1n) is 10.4. The monoisotopic (exact) mass is 449 g/mol. The Hall–Kier alpha value is -2.12. The van der Waals surface area contributed by atoms with E-state index in [-0.39, 0.29) is 6.42 Å². The number of rotatable bonds is 7. The van der Waals surface area contributed by atoms with Crippen LogP contribution in [0.15, 0.2) is 30.6 Å². The summed E-state index contributed by atoms with van der Waals surface area (Å²) in [6.45, 7) is 5.96. The number of aryl methyl sites for hydroxylation is 1. The molecule has 2 aromatic heterocycles. The first-order chi connectivity index (χ1) is 14.6. The van der Waals surface area contributed by atoms with Gasteiger partial charge in [0.1, 0.15) is 0 Å². The molecule has 0 radical (unpaired) electrons. The second kappa shape index (κ2) is 9.17. The van der Waals surface area contributed by atoms with E-state index >= 15 is 0 Å². The second-order valence-electron chi connectivity index (χ2n) is 9.16. The molecule has 1 N–H and O–H groups in total. The summed E-state index contributed by atoms with van der Waals surface area (Å²) in [5.74, 6) is -1.06. The van der Waals surface area contributed by atoms with E-state index in [1.54, 1.807) is 12.4 Å². The lowest BCUT2D eigenvalue weighted by atomic mass is 9.75. The first-order valence-corrected chi connectivity index (χ1v) is 11.2. The van der Waals surface area contributed by atoms with E-state index in [4.69, 9.17) is 4.74 Å². The topological polar surface area (TPSA) is 59.4 Å². The van der Waals surface area contributed by atoms with Gasteiger partial charge in [-0.25, -0.2) is 4.79 Å². The molecule has 0 amide bonds. The minimum Gasteiger partial charge on any atom is -0.479 e. The minimum absolute atomic E-state index is 0.289. The highest BCUT2D eigenvalue weighted by atomic mass is 32.1. The number of halogens is 2. The summed E-state index contributed by atoms with van der Waals surface area (Å²) in [7, 11) is 0. The zero-order valence-electron chi connectivity index (χ0n) is 18.4. The van der Waals surface area contributed by atoms with E-state index in [9.17, 15) is 18.7 Å². The highest BCUT2D eigenvalue weighted by molar-refractivity contribution is 7.16. The van der Waals surface area contributed by atoms with Gasteiger partial charge in [-0.05, 0) is 70.2 Å². The number of alkyl halides is 2. The fraction of sp³-hybridized carbons (Fsp3) is 0.500. The molecule has 1 aliphatic carbocycles. The number of carbonyl (C=O) groups is 1. The van der Waals surface area contributed by atoms with Crippen molar-refractivity contribution in [2.75, 3.05) is 13.3 Å². The Kier molecular flexibility index (Phi) is 6.96. The number of thiophene rings is 1. The van der Waals surface area contributed by atoms with Crippen molar-refractivity contribution < 1.29 is 23.4 Å². The molecule has 168 valence electrons. The standard InChI is InChI=1S/C24H29F2NO3S/c1-15-18(20(22(28)29)30-23(2,3)4)19(21(31-15)17-7-11-27-12-8-17)16-5-9-24(13-25,14-26)10-6-16/h5,7-8,11-12,20H,6,9-10,13-14H2,1-4H3,(H,28,29). The van der Waals surface area contributed by atoms with Crippen LogP contribution in [0.5, 0.6) is 0 Å². The normalized spacial score (nSPS) is 17.3. The molecule has 0 aromatic carbocycles. The van der Waals surface area contributed by atoms with Crippen molar-refractivity contribution in [1.29, 1.82) is 0 Å². The summed E-state index contributed by atoms with van der Waals surface area (Å²) < 4.78 is 33.1. The molecule has 2 heterocycles. The van der Waals surface area contributed by atoms with Gasteiger partial charge in [-0.3, -0.25) is 13.8 Å². The Balaban J connectivity index is 2.20. The number of carboxylic acid groups (broad SMARTS) is 1. The van der Waals surface area contributed by atoms with Crippen LogP contribution in [0.2, 0.25) is 0 Å². The van der Waals surface area contributed by atoms with Gasteiger partial charge in [-0.2, -0.15) is 0 Å². The molecule has 2 aromatic rings. The molecule has 31 heavy (non-hydrogen) atoms. The predicted octanol–water partition coefficient (Wildman–Crippen LogP) is 6.55. The molecule has 0 bridgehead atoms. The maximum Gasteiger partial charge on any atom is 0.337 e. The predicted molar refractivity (Wildman–Crippen MR) is 120 cm³/mol. The Bertz CT molecular complexity index is 959. The Morgan fingerprint density at radius 3 is 2.42 bits per heavy atom. The van der Waals surface area contributed by atoms with Gasteiger partial charge < -0.3 is 9.84 Å². The lowest BCUT2D eigenvalue weighted by Crippen LogP contribution is -2.29. The van der Waals surface area contributed by atoms with Crippen molar-refractivity contribution in [3.63, 3.8) is 0 Å². The van der Waals surface area contributed by atoms with Crippen LogP contribution in [0, 0.1) is 12.3 Å². The number of nitrogens with zero attached hydrogens (tertiary/aromatic N) is 1. The summed E-state index contributed by atoms with van der Waals surface area (Å²) >= 11 is 1.51. The van der Waals surface area contributed by atoms with Crippen LogP contribution < -0.4 is 0 Å². The molecule has 1 unspecified atom stereocenters. The summed E-state index contributed by atoms with van der Waals surface area (Å²) in [6, 6.07) is 3.77. The Morgan fingerprint density at radius 1 is 1.29 bits per heavy atom. The summed E-state index contributed by atoms with van der Waals surface area (Å²) in [6.07, 6.45) is 5.29. The molecule has 0 fully saturated rings. The third-order valence-electron chi connectivity index (χ3n) is 5.63. The maximum absolute atomic E-state index is 13.5. The van der Waals surface area contributed by atoms with Crippen LogP contribution in [-0.4, -0.2) is 35.0 Å². The highest BCUT2D eigenvalue weighted by Gasteiger charge is 2.37. The van der Waals surface area contributed by atoms with Crippen molar-refractivity contribution in [2.45, 2.75) is 58.7 Å². The van der Waals surface area contributed by atoms with Crippen molar-refractivity contribution in [3.8, 4) is 10.4 Å². The van der Waals surface area contributed by atoms with Gasteiger partial charge in [0.05, 0.1) is 19.0 Å². The summed E-state index contributed by atoms with van der Waals surface area (Å²) in [5, 5.41) is 10.0. The second-order valence-corrected chi connectivity index (χ2v) is 10.4. The number of pyridine rings is 1. The fourth-order valence-electron chi connectivity index (χ4n) is 3.93. The van der Waals surface area contributed by atoms with Crippen LogP contribution in [0.1, 0.15) is 62.1 Å². The lowest BCUT2D eigenvalue weighted by Gasteiger charge is -2.32. The highest BCUT2D eigenvalue weighted by Crippen LogP contribution is 2.49. The first kappa shape index (κ1) is 23.5. The van der Waals surface area contributed by atoms with E-state index in [1.165, 1.54) is 11.3 Å². The van der Waals surface area contributed by atoms with Crippen LogP contribution in [0.4, 0.5) is 8.78 Å². The fourth-order valence-corrected chi connectivity index (χ4v) is 5.16. The molecule has 0 saturated carbocycles. The van der Waals surface area contributed by atoms with Crippen molar-refractivity contribution in [3.05, 3.63) is 46.6 Å². The van der Waals surface area contributed by atoms with Gasteiger partial charge in [0, 0.05) is 38.7 Å². The van der Waals surface area contributed by atoms with Gasteiger partial charge in [0.2, 0.25) is 0 Å². The average Bonchev–Trinajstić information content (AvgIpc) is 3.08. The number of ether oxygens (including phenoxy) is 1. The molecule has 7 heteroatoms. The zero-order valence-corrected chi connectivity index (χ0v) is 19.2. The van der Waals surface area contributed by atoms with Gasteiger partial charge >= 0.3 is 5.97 Å². The van der Waals surface area contributed by atoms with E-state index in [0.717, 1.165) is 26.5 Å². The quantitative estimate of drug-likeness (QED) is 0.521. The van der Waals surface area contributed by atoms with Crippen LogP contribution in [0.25, 0.3) is 16.0 Å². The Labute approximate surface area is 186 Å². The molecular weight excluding hydrogens is 420 g/mol. The molecular formula is C24H29F2NO3S. The summed E-state index contributed by atoms with van der Waals surface area (Å²) in [5.41, 5.74) is 1.66. The Morgan fingerprint density at radius 2 is 1.94 bits per heavy atom. The number of hydrogen-bond donors (Lipinski definition) is 1. The lowest BCUT2D eigenvalue weighted by molar-refractivity contribution is -0.160. The molecule has 4 nitrogen and oxygen atoms in total. The van der Waals surface area contributed by atoms with Gasteiger partial charge in [-0.15, -0.1) is 11.3 Å². The maximum atomic E-state index is 13.5. The number of allylic oxidation sites excluding steroid dienone is 2. The third-order valence-corrected chi connectivity index (χ3v) is 6.80. The molecule has 1 atom stereocenters. The number of aromatic nitrogens is 1. The SMILES string of the molecule is Cc1sc(-c2ccncc2)c(C2=CCC(CF)(CF)CC2)c1C(OC(C)(C)C)C(=O)O. The van der Waals surface area contributed by atoms with Crippen molar-refractivity contribution >= 4 is 22.9 Å². The smallest absolute Gasteiger partial charge is 0.337 e. The summed E-state index contributed by atoms with van der Waals surface area (Å²) in [4.78, 5) is 18.1. The largest absolute Gasteiger partial charge is 0.479 e. The van der Waals surface area contributed by atoms with Gasteiger partial charge in [0.15, 0.2) is 6.10 Å². The van der Waals surface area contributed by atoms with Gasteiger partial charge in [0.25, 0.3) is 0 Å². The van der Waals surface area contributed by atoms with E-state index in [1.807, 2.05) is 45.9 Å². The van der Waals surface area contributed by atoms with E-state index in [0.29, 0.717) is 18.4 Å². The van der Waals surface area contributed by atoms with Crippen LogP contribution in [-0.2, 0) is 9.53 Å². The zero-order chi connectivity index (χ0) is 22.8. The molecule has 3 rings (SSSR count). The average molecular weight is 450 g/mol. The van der Waals surface area contributed by atoms with E-state index < -0.39 is 36.4 Å². The van der Waals surface area contributed by atoms with Gasteiger partial charge in [-0.1, -0.05) is 6.08 Å². The number of aliphatic carboxylic acids is 1. The number of carboxylic acids is 1. The molecule has 0 saturated heterocycles. The van der Waals surface area contributed by atoms with Crippen LogP contribution >= 0.6 is 11.3 Å². The number of hydrogen-bond acceptors (Lipinski definition) is 4. The minimum atomic E-state index is -1.14. The molecule has 0 aliphatic heterocycles.